The molecule has 1 aliphatic rings. The van der Waals surface area contributed by atoms with Gasteiger partial charge in [-0.05, 0) is 42.7 Å². The van der Waals surface area contributed by atoms with Crippen LogP contribution >= 0.6 is 12.4 Å². The van der Waals surface area contributed by atoms with Gasteiger partial charge >= 0.3 is 0 Å². The fourth-order valence-corrected chi connectivity index (χ4v) is 3.27. The Kier molecular flexibility index (Phi) is 6.57. The molecule has 0 saturated carbocycles. The van der Waals surface area contributed by atoms with Gasteiger partial charge in [0.15, 0.2) is 0 Å². The van der Waals surface area contributed by atoms with Crippen molar-refractivity contribution in [1.82, 2.24) is 10.2 Å². The summed E-state index contributed by atoms with van der Waals surface area (Å²) in [6.07, 6.45) is 0.388. The van der Waals surface area contributed by atoms with E-state index in [2.05, 4.69) is 23.5 Å². The molecule has 134 valence electrons. The normalized spacial score (nSPS) is 17.1. The van der Waals surface area contributed by atoms with E-state index in [9.17, 15) is 9.18 Å². The number of nitrogens with zero attached hydrogens (tertiary/aromatic N) is 1. The first kappa shape index (κ1) is 19.4. The molecule has 1 heterocycles. The number of benzene rings is 2. The number of rotatable bonds is 3. The molecule has 5 heteroatoms. The number of amides is 1. The van der Waals surface area contributed by atoms with Crippen LogP contribution in [0.3, 0.4) is 0 Å². The van der Waals surface area contributed by atoms with E-state index in [0.29, 0.717) is 19.5 Å². The van der Waals surface area contributed by atoms with E-state index >= 15 is 0 Å². The van der Waals surface area contributed by atoms with Gasteiger partial charge in [-0.25, -0.2) is 4.39 Å². The molecule has 0 radical (unpaired) electrons. The number of piperazine rings is 1. The predicted molar refractivity (Wildman–Crippen MR) is 101 cm³/mol. The molecule has 0 spiro atoms. The van der Waals surface area contributed by atoms with Crippen molar-refractivity contribution in [3.8, 4) is 0 Å². The first-order valence-electron chi connectivity index (χ1n) is 8.36. The van der Waals surface area contributed by atoms with Crippen molar-refractivity contribution in [1.29, 1.82) is 0 Å². The van der Waals surface area contributed by atoms with E-state index in [4.69, 9.17) is 0 Å². The summed E-state index contributed by atoms with van der Waals surface area (Å²) in [7, 11) is 0. The van der Waals surface area contributed by atoms with Crippen LogP contribution in [0, 0.1) is 19.7 Å². The molecule has 1 fully saturated rings. The van der Waals surface area contributed by atoms with Crippen molar-refractivity contribution in [2.75, 3.05) is 19.6 Å². The van der Waals surface area contributed by atoms with Crippen LogP contribution in [-0.2, 0) is 11.2 Å². The molecular formula is C20H24ClFN2O. The van der Waals surface area contributed by atoms with Crippen LogP contribution in [0.15, 0.2) is 42.5 Å². The molecule has 3 rings (SSSR count). The summed E-state index contributed by atoms with van der Waals surface area (Å²) in [5, 5.41) is 3.31. The molecule has 1 atom stereocenters. The number of carbonyl (C=O) groups is 1. The van der Waals surface area contributed by atoms with Gasteiger partial charge in [-0.2, -0.15) is 0 Å². The SMILES string of the molecule is Cc1ccc(C)c(CC(=O)N2CCNCC2c2cccc(F)c2)c1.Cl. The van der Waals surface area contributed by atoms with Gasteiger partial charge in [0.25, 0.3) is 0 Å². The molecule has 2 aromatic rings. The molecule has 25 heavy (non-hydrogen) atoms. The zero-order valence-corrected chi connectivity index (χ0v) is 15.4. The lowest BCUT2D eigenvalue weighted by molar-refractivity contribution is -0.133. The summed E-state index contributed by atoms with van der Waals surface area (Å²) in [4.78, 5) is 14.8. The minimum absolute atomic E-state index is 0. The second kappa shape index (κ2) is 8.45. The Morgan fingerprint density at radius 3 is 2.80 bits per heavy atom. The number of halogens is 2. The van der Waals surface area contributed by atoms with Crippen molar-refractivity contribution in [3.63, 3.8) is 0 Å². The van der Waals surface area contributed by atoms with Crippen LogP contribution in [0.4, 0.5) is 4.39 Å². The number of nitrogens with one attached hydrogen (secondary N) is 1. The van der Waals surface area contributed by atoms with Gasteiger partial charge in [0.1, 0.15) is 5.82 Å². The largest absolute Gasteiger partial charge is 0.333 e. The van der Waals surface area contributed by atoms with Crippen molar-refractivity contribution in [2.45, 2.75) is 26.3 Å². The molecule has 1 aliphatic heterocycles. The van der Waals surface area contributed by atoms with Crippen molar-refractivity contribution in [3.05, 3.63) is 70.5 Å². The molecule has 0 aromatic heterocycles. The average molecular weight is 363 g/mol. The molecule has 1 N–H and O–H groups in total. The average Bonchev–Trinajstić information content (AvgIpc) is 2.58. The highest BCUT2D eigenvalue weighted by Crippen LogP contribution is 2.24. The van der Waals surface area contributed by atoms with E-state index in [-0.39, 0.29) is 30.2 Å². The summed E-state index contributed by atoms with van der Waals surface area (Å²) < 4.78 is 13.6. The van der Waals surface area contributed by atoms with Crippen molar-refractivity contribution in [2.24, 2.45) is 0 Å². The molecule has 1 saturated heterocycles. The Balaban J connectivity index is 0.00000225. The van der Waals surface area contributed by atoms with Crippen LogP contribution in [-0.4, -0.2) is 30.4 Å². The molecule has 1 unspecified atom stereocenters. The third kappa shape index (κ3) is 4.59. The molecular weight excluding hydrogens is 339 g/mol. The lowest BCUT2D eigenvalue weighted by Crippen LogP contribution is -2.49. The molecule has 0 bridgehead atoms. The summed E-state index contributed by atoms with van der Waals surface area (Å²) in [6.45, 7) is 6.13. The third-order valence-corrected chi connectivity index (χ3v) is 4.64. The highest BCUT2D eigenvalue weighted by atomic mass is 35.5. The molecule has 1 amide bonds. The predicted octanol–water partition coefficient (Wildman–Crippen LogP) is 3.58. The maximum Gasteiger partial charge on any atom is 0.227 e. The quantitative estimate of drug-likeness (QED) is 0.905. The highest BCUT2D eigenvalue weighted by molar-refractivity contribution is 5.85. The second-order valence-corrected chi connectivity index (χ2v) is 6.47. The Bertz CT molecular complexity index is 750. The summed E-state index contributed by atoms with van der Waals surface area (Å²) in [5.41, 5.74) is 4.20. The van der Waals surface area contributed by atoms with Crippen LogP contribution in [0.2, 0.25) is 0 Å². The summed E-state index contributed by atoms with van der Waals surface area (Å²) >= 11 is 0. The lowest BCUT2D eigenvalue weighted by atomic mass is 9.99. The minimum Gasteiger partial charge on any atom is -0.333 e. The molecule has 3 nitrogen and oxygen atoms in total. The molecule has 2 aromatic carbocycles. The van der Waals surface area contributed by atoms with Gasteiger partial charge in [0.2, 0.25) is 5.91 Å². The first-order valence-corrected chi connectivity index (χ1v) is 8.36. The second-order valence-electron chi connectivity index (χ2n) is 6.47. The van der Waals surface area contributed by atoms with E-state index in [0.717, 1.165) is 28.8 Å². The Morgan fingerprint density at radius 1 is 1.24 bits per heavy atom. The number of hydrogen-bond acceptors (Lipinski definition) is 2. The maximum absolute atomic E-state index is 13.6. The Morgan fingerprint density at radius 2 is 2.04 bits per heavy atom. The first-order chi connectivity index (χ1) is 11.5. The van der Waals surface area contributed by atoms with Gasteiger partial charge in [-0.1, -0.05) is 35.9 Å². The fraction of sp³-hybridized carbons (Fsp3) is 0.350. The van der Waals surface area contributed by atoms with Crippen LogP contribution in [0.1, 0.15) is 28.3 Å². The standard InChI is InChI=1S/C20H23FN2O.ClH/c1-14-6-7-15(2)17(10-14)12-20(24)23-9-8-22-13-19(23)16-4-3-5-18(21)11-16;/h3-7,10-11,19,22H,8-9,12-13H2,1-2H3;1H. The van der Waals surface area contributed by atoms with Gasteiger partial charge in [-0.3, -0.25) is 4.79 Å². The van der Waals surface area contributed by atoms with Crippen LogP contribution < -0.4 is 5.32 Å². The Hall–Kier alpha value is -1.91. The van der Waals surface area contributed by atoms with Gasteiger partial charge in [-0.15, -0.1) is 12.4 Å². The van der Waals surface area contributed by atoms with Crippen LogP contribution in [0.5, 0.6) is 0 Å². The fourth-order valence-electron chi connectivity index (χ4n) is 3.27. The maximum atomic E-state index is 13.6. The smallest absolute Gasteiger partial charge is 0.227 e. The van der Waals surface area contributed by atoms with E-state index < -0.39 is 0 Å². The monoisotopic (exact) mass is 362 g/mol. The molecule has 0 aliphatic carbocycles. The number of carbonyl (C=O) groups excluding carboxylic acids is 1. The topological polar surface area (TPSA) is 32.3 Å². The zero-order chi connectivity index (χ0) is 17.1. The Labute approximate surface area is 154 Å². The van der Waals surface area contributed by atoms with Crippen molar-refractivity contribution < 1.29 is 9.18 Å². The van der Waals surface area contributed by atoms with E-state index in [1.54, 1.807) is 6.07 Å². The number of hydrogen-bond donors (Lipinski definition) is 1. The van der Waals surface area contributed by atoms with Gasteiger partial charge in [0.05, 0.1) is 12.5 Å². The zero-order valence-electron chi connectivity index (χ0n) is 14.6. The third-order valence-electron chi connectivity index (χ3n) is 4.64. The minimum atomic E-state index is -0.264. The number of aryl methyl sites for hydroxylation is 2. The van der Waals surface area contributed by atoms with Gasteiger partial charge < -0.3 is 10.2 Å². The lowest BCUT2D eigenvalue weighted by Gasteiger charge is -2.37. The van der Waals surface area contributed by atoms with E-state index in [1.165, 1.54) is 12.1 Å². The van der Waals surface area contributed by atoms with Crippen LogP contribution in [0.25, 0.3) is 0 Å². The summed E-state index contributed by atoms with van der Waals surface area (Å²) in [5.74, 6) is -0.167. The van der Waals surface area contributed by atoms with Crippen molar-refractivity contribution >= 4 is 18.3 Å². The highest BCUT2D eigenvalue weighted by Gasteiger charge is 2.28. The van der Waals surface area contributed by atoms with Gasteiger partial charge in [0, 0.05) is 19.6 Å². The van der Waals surface area contributed by atoms with E-state index in [1.807, 2.05) is 24.8 Å². The summed E-state index contributed by atoms with van der Waals surface area (Å²) in [6, 6.07) is 12.6.